The van der Waals surface area contributed by atoms with Crippen LogP contribution in [0.25, 0.3) is 0 Å². The Kier molecular flexibility index (Phi) is 8.47. The second kappa shape index (κ2) is 11.1. The lowest BCUT2D eigenvalue weighted by Gasteiger charge is -2.36. The Hall–Kier alpha value is -2.73. The van der Waals surface area contributed by atoms with Crippen LogP contribution in [0, 0.1) is 5.92 Å². The van der Waals surface area contributed by atoms with Crippen LogP contribution in [0.15, 0.2) is 42.5 Å². The smallest absolute Gasteiger partial charge is 0.262 e. The fraction of sp³-hybridized carbons (Fsp3) is 0.481. The van der Waals surface area contributed by atoms with E-state index in [2.05, 4.69) is 44.8 Å². The maximum Gasteiger partial charge on any atom is 0.262 e. The van der Waals surface area contributed by atoms with Crippen LogP contribution in [-0.4, -0.2) is 49.5 Å². The van der Waals surface area contributed by atoms with Crippen molar-refractivity contribution < 1.29 is 14.3 Å². The number of amides is 2. The summed E-state index contributed by atoms with van der Waals surface area (Å²) < 4.78 is 5.62. The van der Waals surface area contributed by atoms with Gasteiger partial charge in [0.05, 0.1) is 10.7 Å². The lowest BCUT2D eigenvalue weighted by molar-refractivity contribution is -0.132. The molecule has 1 aliphatic heterocycles. The molecule has 0 radical (unpaired) electrons. The summed E-state index contributed by atoms with van der Waals surface area (Å²) in [6.45, 7) is 13.3. The lowest BCUT2D eigenvalue weighted by Crippen LogP contribution is -2.49. The van der Waals surface area contributed by atoms with Crippen molar-refractivity contribution in [1.29, 1.82) is 0 Å². The largest absolute Gasteiger partial charge is 0.484 e. The second-order valence-electron chi connectivity index (χ2n) is 10.2. The molecule has 7 heteroatoms. The van der Waals surface area contributed by atoms with Crippen molar-refractivity contribution in [2.45, 2.75) is 46.5 Å². The molecule has 2 aromatic carbocycles. The van der Waals surface area contributed by atoms with Crippen LogP contribution in [0.1, 0.15) is 46.6 Å². The minimum Gasteiger partial charge on any atom is -0.484 e. The molecule has 0 aromatic heterocycles. The van der Waals surface area contributed by atoms with Gasteiger partial charge in [0.25, 0.3) is 5.91 Å². The first-order valence-electron chi connectivity index (χ1n) is 11.9. The van der Waals surface area contributed by atoms with Gasteiger partial charge < -0.3 is 19.9 Å². The van der Waals surface area contributed by atoms with Crippen LogP contribution < -0.4 is 15.0 Å². The minimum absolute atomic E-state index is 0.0695. The van der Waals surface area contributed by atoms with Crippen LogP contribution >= 0.6 is 11.6 Å². The fourth-order valence-electron chi connectivity index (χ4n) is 3.91. The maximum atomic E-state index is 12.4. The number of nitrogens with zero attached hydrogens (tertiary/aromatic N) is 2. The Morgan fingerprint density at radius 2 is 1.68 bits per heavy atom. The zero-order valence-corrected chi connectivity index (χ0v) is 21.6. The molecule has 184 valence electrons. The van der Waals surface area contributed by atoms with Gasteiger partial charge >= 0.3 is 0 Å². The zero-order chi connectivity index (χ0) is 24.9. The number of rotatable bonds is 7. The third-order valence-electron chi connectivity index (χ3n) is 5.88. The Balaban J connectivity index is 1.50. The predicted octanol–water partition coefficient (Wildman–Crippen LogP) is 5.35. The van der Waals surface area contributed by atoms with E-state index < -0.39 is 0 Å². The maximum absolute atomic E-state index is 12.4. The first kappa shape index (κ1) is 25.9. The van der Waals surface area contributed by atoms with Crippen LogP contribution in [0.2, 0.25) is 5.02 Å². The van der Waals surface area contributed by atoms with E-state index in [9.17, 15) is 9.59 Å². The van der Waals surface area contributed by atoms with Gasteiger partial charge in [-0.1, -0.05) is 58.4 Å². The highest BCUT2D eigenvalue weighted by molar-refractivity contribution is 6.33. The summed E-state index contributed by atoms with van der Waals surface area (Å²) in [5.41, 5.74) is 2.81. The Morgan fingerprint density at radius 3 is 2.24 bits per heavy atom. The summed E-state index contributed by atoms with van der Waals surface area (Å²) in [4.78, 5) is 28.8. The molecular weight excluding hydrogens is 450 g/mol. The van der Waals surface area contributed by atoms with Crippen molar-refractivity contribution >= 4 is 34.8 Å². The van der Waals surface area contributed by atoms with Crippen molar-refractivity contribution in [2.24, 2.45) is 5.92 Å². The van der Waals surface area contributed by atoms with E-state index in [-0.39, 0.29) is 23.8 Å². The summed E-state index contributed by atoms with van der Waals surface area (Å²) in [6, 6.07) is 13.3. The summed E-state index contributed by atoms with van der Waals surface area (Å²) in [7, 11) is 0. The predicted molar refractivity (Wildman–Crippen MR) is 139 cm³/mol. The summed E-state index contributed by atoms with van der Waals surface area (Å²) in [5, 5.41) is 3.41. The molecule has 34 heavy (non-hydrogen) atoms. The SMILES string of the molecule is CC(C)CC(=O)N1CCN(c2ccc(NC(=O)COc3ccc(C(C)(C)C)cc3)cc2Cl)CC1. The molecule has 6 nitrogen and oxygen atoms in total. The molecular formula is C27H36ClN3O3. The highest BCUT2D eigenvalue weighted by atomic mass is 35.5. The number of hydrogen-bond acceptors (Lipinski definition) is 4. The number of hydrogen-bond donors (Lipinski definition) is 1. The van der Waals surface area contributed by atoms with Crippen LogP contribution in [0.3, 0.4) is 0 Å². The first-order valence-corrected chi connectivity index (χ1v) is 12.3. The minimum atomic E-state index is -0.249. The van der Waals surface area contributed by atoms with Crippen LogP contribution in [-0.2, 0) is 15.0 Å². The highest BCUT2D eigenvalue weighted by Gasteiger charge is 2.23. The first-order chi connectivity index (χ1) is 16.0. The Labute approximate surface area is 208 Å². The topological polar surface area (TPSA) is 61.9 Å². The third kappa shape index (κ3) is 7.13. The van der Waals surface area contributed by atoms with Gasteiger partial charge in [-0.3, -0.25) is 9.59 Å². The molecule has 1 saturated heterocycles. The number of nitrogens with one attached hydrogen (secondary N) is 1. The molecule has 2 aromatic rings. The number of anilines is 2. The van der Waals surface area contributed by atoms with E-state index in [4.69, 9.17) is 16.3 Å². The number of carbonyl (C=O) groups is 2. The molecule has 0 atom stereocenters. The monoisotopic (exact) mass is 485 g/mol. The van der Waals surface area contributed by atoms with E-state index in [1.165, 1.54) is 5.56 Å². The lowest BCUT2D eigenvalue weighted by atomic mass is 9.87. The van der Waals surface area contributed by atoms with E-state index in [0.717, 1.165) is 18.8 Å². The van der Waals surface area contributed by atoms with Gasteiger partial charge in [0.2, 0.25) is 5.91 Å². The number of benzene rings is 2. The normalized spacial score (nSPS) is 14.3. The van der Waals surface area contributed by atoms with Crippen LogP contribution in [0.4, 0.5) is 11.4 Å². The number of carbonyl (C=O) groups excluding carboxylic acids is 2. The fourth-order valence-corrected chi connectivity index (χ4v) is 4.21. The third-order valence-corrected chi connectivity index (χ3v) is 6.18. The molecule has 0 bridgehead atoms. The van der Waals surface area contributed by atoms with Gasteiger partial charge in [0.1, 0.15) is 5.75 Å². The van der Waals surface area contributed by atoms with Gasteiger partial charge in [-0.05, 0) is 47.2 Å². The highest BCUT2D eigenvalue weighted by Crippen LogP contribution is 2.30. The van der Waals surface area contributed by atoms with Crippen molar-refractivity contribution in [3.63, 3.8) is 0 Å². The van der Waals surface area contributed by atoms with Gasteiger partial charge in [-0.15, -0.1) is 0 Å². The Morgan fingerprint density at radius 1 is 1.03 bits per heavy atom. The van der Waals surface area contributed by atoms with Crippen molar-refractivity contribution in [1.82, 2.24) is 4.90 Å². The molecule has 0 saturated carbocycles. The van der Waals surface area contributed by atoms with E-state index >= 15 is 0 Å². The van der Waals surface area contributed by atoms with Gasteiger partial charge in [-0.2, -0.15) is 0 Å². The van der Waals surface area contributed by atoms with Crippen molar-refractivity contribution in [2.75, 3.05) is 43.0 Å². The second-order valence-corrected chi connectivity index (χ2v) is 10.7. The average Bonchev–Trinajstić information content (AvgIpc) is 2.77. The number of halogens is 1. The zero-order valence-electron chi connectivity index (χ0n) is 20.9. The average molecular weight is 486 g/mol. The van der Waals surface area contributed by atoms with Crippen molar-refractivity contribution in [3.8, 4) is 5.75 Å². The molecule has 1 N–H and O–H groups in total. The molecule has 3 rings (SSSR count). The summed E-state index contributed by atoms with van der Waals surface area (Å²) in [5.74, 6) is 0.983. The van der Waals surface area contributed by atoms with Gasteiger partial charge in [0, 0.05) is 38.3 Å². The molecule has 0 spiro atoms. The van der Waals surface area contributed by atoms with E-state index in [0.29, 0.717) is 41.9 Å². The quantitative estimate of drug-likeness (QED) is 0.574. The molecule has 2 amide bonds. The molecule has 0 unspecified atom stereocenters. The molecule has 0 aliphatic carbocycles. The van der Waals surface area contributed by atoms with Gasteiger partial charge in [-0.25, -0.2) is 0 Å². The standard InChI is InChI=1S/C27H36ClN3O3/c1-19(2)16-26(33)31-14-12-30(13-15-31)24-11-8-21(17-23(24)28)29-25(32)18-34-22-9-6-20(7-10-22)27(3,4)5/h6-11,17,19H,12-16,18H2,1-5H3,(H,29,32). The number of piperazine rings is 1. The van der Waals surface area contributed by atoms with Crippen molar-refractivity contribution in [3.05, 3.63) is 53.1 Å². The number of ether oxygens (including phenoxy) is 1. The summed E-state index contributed by atoms with van der Waals surface area (Å²) >= 11 is 6.53. The molecule has 1 aliphatic rings. The summed E-state index contributed by atoms with van der Waals surface area (Å²) in [6.07, 6.45) is 0.584. The van der Waals surface area contributed by atoms with E-state index in [1.54, 1.807) is 6.07 Å². The molecule has 1 fully saturated rings. The molecule has 1 heterocycles. The van der Waals surface area contributed by atoms with Gasteiger partial charge in [0.15, 0.2) is 6.61 Å². The van der Waals surface area contributed by atoms with E-state index in [1.807, 2.05) is 41.3 Å². The van der Waals surface area contributed by atoms with Crippen LogP contribution in [0.5, 0.6) is 5.75 Å². The Bertz CT molecular complexity index is 991.